The van der Waals surface area contributed by atoms with Crippen LogP contribution in [0.5, 0.6) is 5.75 Å². The van der Waals surface area contributed by atoms with Gasteiger partial charge in [0.2, 0.25) is 15.9 Å². The van der Waals surface area contributed by atoms with E-state index in [2.05, 4.69) is 5.32 Å². The fourth-order valence-electron chi connectivity index (χ4n) is 3.84. The minimum atomic E-state index is -3.92. The molecule has 8 nitrogen and oxygen atoms in total. The van der Waals surface area contributed by atoms with Gasteiger partial charge in [-0.3, -0.25) is 9.59 Å². The SMILES string of the molecule is CN(CC(=O)N1C[C@@H](C(=O)NCCc2ccccc2)Oc2ccccc21)S(=O)(=O)c1ccc(Cl)cc1. The Kier molecular flexibility index (Phi) is 7.93. The molecule has 1 heterocycles. The summed E-state index contributed by atoms with van der Waals surface area (Å²) < 4.78 is 32.7. The molecule has 3 aromatic carbocycles. The Bertz CT molecular complexity index is 1330. The van der Waals surface area contributed by atoms with Crippen LogP contribution in [0.2, 0.25) is 5.02 Å². The summed E-state index contributed by atoms with van der Waals surface area (Å²) in [5.74, 6) is -0.447. The number of hydrogen-bond acceptors (Lipinski definition) is 5. The molecule has 1 aliphatic rings. The second kappa shape index (κ2) is 11.1. The Hall–Kier alpha value is -3.40. The van der Waals surface area contributed by atoms with E-state index < -0.39 is 28.6 Å². The first kappa shape index (κ1) is 25.7. The van der Waals surface area contributed by atoms with Crippen molar-refractivity contribution in [3.05, 3.63) is 89.4 Å². The zero-order valence-corrected chi connectivity index (χ0v) is 21.2. The third kappa shape index (κ3) is 5.87. The number of nitrogens with zero attached hydrogens (tertiary/aromatic N) is 2. The van der Waals surface area contributed by atoms with Crippen molar-refractivity contribution in [2.24, 2.45) is 0 Å². The number of amides is 2. The fourth-order valence-corrected chi connectivity index (χ4v) is 5.09. The molecule has 1 atom stereocenters. The summed E-state index contributed by atoms with van der Waals surface area (Å²) in [4.78, 5) is 27.6. The van der Waals surface area contributed by atoms with E-state index in [0.717, 1.165) is 9.87 Å². The average molecular weight is 528 g/mol. The predicted molar refractivity (Wildman–Crippen MR) is 138 cm³/mol. The number of carbonyl (C=O) groups is 2. The molecule has 4 rings (SSSR count). The number of hydrogen-bond donors (Lipinski definition) is 1. The standard InChI is InChI=1S/C26H26ClN3O5S/c1-29(36(33,34)21-13-11-20(27)12-14-21)18-25(31)30-17-24(35-23-10-6-5-9-22(23)30)26(32)28-16-15-19-7-3-2-4-8-19/h2-14,24H,15-18H2,1H3,(H,28,32)/t24-/m0/s1. The molecule has 10 heteroatoms. The van der Waals surface area contributed by atoms with Gasteiger partial charge in [-0.15, -0.1) is 0 Å². The first-order valence-electron chi connectivity index (χ1n) is 11.4. The van der Waals surface area contributed by atoms with E-state index >= 15 is 0 Å². The quantitative estimate of drug-likeness (QED) is 0.485. The Morgan fingerprint density at radius 2 is 1.69 bits per heavy atom. The Labute approximate surface area is 215 Å². The number of anilines is 1. The van der Waals surface area contributed by atoms with Crippen molar-refractivity contribution in [3.63, 3.8) is 0 Å². The van der Waals surface area contributed by atoms with E-state index in [1.807, 2.05) is 30.3 Å². The number of fused-ring (bicyclic) bond motifs is 1. The van der Waals surface area contributed by atoms with Crippen LogP contribution in [0.3, 0.4) is 0 Å². The van der Waals surface area contributed by atoms with E-state index in [0.29, 0.717) is 29.4 Å². The Balaban J connectivity index is 1.45. The molecule has 188 valence electrons. The molecular formula is C26H26ClN3O5S. The summed E-state index contributed by atoms with van der Waals surface area (Å²) in [5, 5.41) is 3.27. The highest BCUT2D eigenvalue weighted by atomic mass is 35.5. The van der Waals surface area contributed by atoms with Gasteiger partial charge in [-0.25, -0.2) is 8.42 Å². The van der Waals surface area contributed by atoms with Gasteiger partial charge in [0.25, 0.3) is 5.91 Å². The molecule has 0 saturated heterocycles. The molecule has 0 unspecified atom stereocenters. The number of likely N-dealkylation sites (N-methyl/N-ethyl adjacent to an activating group) is 1. The molecular weight excluding hydrogens is 502 g/mol. The molecule has 3 aromatic rings. The fraction of sp³-hybridized carbons (Fsp3) is 0.231. The van der Waals surface area contributed by atoms with Crippen molar-refractivity contribution < 1.29 is 22.7 Å². The number of nitrogens with one attached hydrogen (secondary N) is 1. The van der Waals surface area contributed by atoms with Crippen LogP contribution < -0.4 is 15.0 Å². The predicted octanol–water partition coefficient (Wildman–Crippen LogP) is 3.11. The number of halogens is 1. The minimum Gasteiger partial charge on any atom is -0.477 e. The smallest absolute Gasteiger partial charge is 0.262 e. The van der Waals surface area contributed by atoms with Crippen molar-refractivity contribution in [1.82, 2.24) is 9.62 Å². The topological polar surface area (TPSA) is 96.0 Å². The first-order valence-corrected chi connectivity index (χ1v) is 13.2. The highest BCUT2D eigenvalue weighted by Gasteiger charge is 2.35. The average Bonchev–Trinajstić information content (AvgIpc) is 2.88. The zero-order valence-electron chi connectivity index (χ0n) is 19.6. The highest BCUT2D eigenvalue weighted by molar-refractivity contribution is 7.89. The minimum absolute atomic E-state index is 0.0280. The van der Waals surface area contributed by atoms with Crippen LogP contribution in [0.25, 0.3) is 0 Å². The van der Waals surface area contributed by atoms with Gasteiger partial charge < -0.3 is 15.0 Å². The number of sulfonamides is 1. The van der Waals surface area contributed by atoms with Crippen molar-refractivity contribution in [2.75, 3.05) is 31.6 Å². The van der Waals surface area contributed by atoms with Crippen molar-refractivity contribution in [1.29, 1.82) is 0 Å². The summed E-state index contributed by atoms with van der Waals surface area (Å²) in [6.07, 6.45) is -0.274. The summed E-state index contributed by atoms with van der Waals surface area (Å²) in [6.45, 7) is -0.0378. The number of para-hydroxylation sites is 2. The molecule has 0 aliphatic carbocycles. The number of benzene rings is 3. The van der Waals surface area contributed by atoms with Crippen molar-refractivity contribution in [2.45, 2.75) is 17.4 Å². The lowest BCUT2D eigenvalue weighted by atomic mass is 10.1. The van der Waals surface area contributed by atoms with Crippen LogP contribution in [0.1, 0.15) is 5.56 Å². The Morgan fingerprint density at radius 1 is 1.03 bits per heavy atom. The lowest BCUT2D eigenvalue weighted by molar-refractivity contribution is -0.128. The van der Waals surface area contributed by atoms with Gasteiger partial charge in [-0.05, 0) is 48.4 Å². The molecule has 1 aliphatic heterocycles. The van der Waals surface area contributed by atoms with Gasteiger partial charge in [-0.2, -0.15) is 4.31 Å². The van der Waals surface area contributed by atoms with Crippen molar-refractivity contribution in [3.8, 4) is 5.75 Å². The van der Waals surface area contributed by atoms with Gasteiger partial charge in [0, 0.05) is 18.6 Å². The van der Waals surface area contributed by atoms with Crippen LogP contribution in [-0.4, -0.2) is 57.3 Å². The molecule has 0 saturated carbocycles. The molecule has 2 amide bonds. The van der Waals surface area contributed by atoms with Gasteiger partial charge in [0.05, 0.1) is 23.7 Å². The van der Waals surface area contributed by atoms with Crippen LogP contribution in [0.4, 0.5) is 5.69 Å². The first-order chi connectivity index (χ1) is 17.3. The van der Waals surface area contributed by atoms with Crippen LogP contribution >= 0.6 is 11.6 Å². The molecule has 36 heavy (non-hydrogen) atoms. The maximum Gasteiger partial charge on any atom is 0.262 e. The summed E-state index contributed by atoms with van der Waals surface area (Å²) in [5.41, 5.74) is 1.57. The molecule has 0 fully saturated rings. The van der Waals surface area contributed by atoms with Gasteiger partial charge >= 0.3 is 0 Å². The molecule has 1 N–H and O–H groups in total. The third-order valence-electron chi connectivity index (χ3n) is 5.80. The summed E-state index contributed by atoms with van der Waals surface area (Å²) in [7, 11) is -2.58. The van der Waals surface area contributed by atoms with E-state index in [-0.39, 0.29) is 17.3 Å². The molecule has 0 bridgehead atoms. The van der Waals surface area contributed by atoms with E-state index in [1.54, 1.807) is 24.3 Å². The lowest BCUT2D eigenvalue weighted by Crippen LogP contribution is -2.52. The van der Waals surface area contributed by atoms with E-state index in [1.165, 1.54) is 36.2 Å². The molecule has 0 radical (unpaired) electrons. The largest absolute Gasteiger partial charge is 0.477 e. The van der Waals surface area contributed by atoms with Crippen molar-refractivity contribution >= 4 is 39.1 Å². The van der Waals surface area contributed by atoms with E-state index in [9.17, 15) is 18.0 Å². The summed E-state index contributed by atoms with van der Waals surface area (Å²) >= 11 is 5.86. The number of rotatable bonds is 8. The second-order valence-corrected chi connectivity index (χ2v) is 10.8. The van der Waals surface area contributed by atoms with Crippen LogP contribution in [0, 0.1) is 0 Å². The normalized spacial score (nSPS) is 15.2. The van der Waals surface area contributed by atoms with Crippen LogP contribution in [-0.2, 0) is 26.0 Å². The van der Waals surface area contributed by atoms with E-state index in [4.69, 9.17) is 16.3 Å². The molecule has 0 aromatic heterocycles. The number of carbonyl (C=O) groups excluding carboxylic acids is 2. The summed E-state index contributed by atoms with van der Waals surface area (Å²) in [6, 6.07) is 22.4. The van der Waals surface area contributed by atoms with Crippen LogP contribution in [0.15, 0.2) is 83.8 Å². The zero-order chi connectivity index (χ0) is 25.7. The maximum absolute atomic E-state index is 13.3. The van der Waals surface area contributed by atoms with Gasteiger partial charge in [0.15, 0.2) is 6.10 Å². The second-order valence-electron chi connectivity index (χ2n) is 8.32. The number of ether oxygens (including phenoxy) is 1. The monoisotopic (exact) mass is 527 g/mol. The third-order valence-corrected chi connectivity index (χ3v) is 7.87. The molecule has 0 spiro atoms. The van der Waals surface area contributed by atoms with Gasteiger partial charge in [-0.1, -0.05) is 54.1 Å². The van der Waals surface area contributed by atoms with Gasteiger partial charge in [0.1, 0.15) is 5.75 Å². The maximum atomic E-state index is 13.3. The lowest BCUT2D eigenvalue weighted by Gasteiger charge is -2.35. The highest BCUT2D eigenvalue weighted by Crippen LogP contribution is 2.33. The Morgan fingerprint density at radius 3 is 2.42 bits per heavy atom.